The Morgan fingerprint density at radius 3 is 2.79 bits per heavy atom. The van der Waals surface area contributed by atoms with Crippen LogP contribution < -0.4 is 5.73 Å². The molecule has 100 valence electrons. The van der Waals surface area contributed by atoms with Crippen LogP contribution in [-0.2, 0) is 6.54 Å². The van der Waals surface area contributed by atoms with Gasteiger partial charge in [-0.1, -0.05) is 33.6 Å². The average molecular weight is 346 g/mol. The molecule has 0 amide bonds. The van der Waals surface area contributed by atoms with E-state index in [-0.39, 0.29) is 23.7 Å². The molecule has 1 aromatic heterocycles. The standard InChI is InChI=1S/C11H10BrClN4O2/c1-6-10(17(18)19)11(14)16(15-6)5-7-2-3-8(12)4-9(7)13/h2-4H,5,14H2,1H3. The molecule has 2 rings (SSSR count). The van der Waals surface area contributed by atoms with Crippen molar-refractivity contribution in [2.45, 2.75) is 13.5 Å². The summed E-state index contributed by atoms with van der Waals surface area (Å²) in [6, 6.07) is 5.40. The van der Waals surface area contributed by atoms with E-state index in [1.807, 2.05) is 12.1 Å². The van der Waals surface area contributed by atoms with Gasteiger partial charge in [-0.15, -0.1) is 0 Å². The zero-order valence-electron chi connectivity index (χ0n) is 9.93. The van der Waals surface area contributed by atoms with E-state index in [4.69, 9.17) is 17.3 Å². The molecule has 0 spiro atoms. The fourth-order valence-electron chi connectivity index (χ4n) is 1.75. The van der Waals surface area contributed by atoms with E-state index in [9.17, 15) is 10.1 Å². The maximum Gasteiger partial charge on any atom is 0.333 e. The fourth-order valence-corrected chi connectivity index (χ4v) is 2.48. The van der Waals surface area contributed by atoms with Gasteiger partial charge in [0.15, 0.2) is 0 Å². The molecule has 19 heavy (non-hydrogen) atoms. The van der Waals surface area contributed by atoms with Crippen molar-refractivity contribution in [1.29, 1.82) is 0 Å². The van der Waals surface area contributed by atoms with Crippen LogP contribution >= 0.6 is 27.5 Å². The molecular weight excluding hydrogens is 336 g/mol. The fraction of sp³-hybridized carbons (Fsp3) is 0.182. The predicted octanol–water partition coefficient (Wildman–Crippen LogP) is 3.15. The number of aromatic nitrogens is 2. The molecule has 8 heteroatoms. The molecule has 0 atom stereocenters. The summed E-state index contributed by atoms with van der Waals surface area (Å²) in [7, 11) is 0. The van der Waals surface area contributed by atoms with Crippen molar-refractivity contribution >= 4 is 39.0 Å². The summed E-state index contributed by atoms with van der Waals surface area (Å²) in [6.07, 6.45) is 0. The van der Waals surface area contributed by atoms with Gasteiger partial charge < -0.3 is 5.73 Å². The van der Waals surface area contributed by atoms with Crippen molar-refractivity contribution in [2.75, 3.05) is 5.73 Å². The highest BCUT2D eigenvalue weighted by molar-refractivity contribution is 9.10. The van der Waals surface area contributed by atoms with Gasteiger partial charge in [-0.25, -0.2) is 4.68 Å². The number of hydrogen-bond acceptors (Lipinski definition) is 4. The van der Waals surface area contributed by atoms with E-state index in [1.165, 1.54) is 4.68 Å². The number of nitrogens with zero attached hydrogens (tertiary/aromatic N) is 3. The van der Waals surface area contributed by atoms with Gasteiger partial charge in [0, 0.05) is 9.50 Å². The molecule has 0 aliphatic carbocycles. The molecule has 0 bridgehead atoms. The lowest BCUT2D eigenvalue weighted by molar-refractivity contribution is -0.384. The van der Waals surface area contributed by atoms with Crippen LogP contribution in [-0.4, -0.2) is 14.7 Å². The first-order valence-electron chi connectivity index (χ1n) is 5.31. The molecule has 0 fully saturated rings. The molecular formula is C11H10BrClN4O2. The Labute approximate surface area is 122 Å². The summed E-state index contributed by atoms with van der Waals surface area (Å²) in [5.74, 6) is 0.0292. The van der Waals surface area contributed by atoms with Crippen molar-refractivity contribution in [2.24, 2.45) is 0 Å². The minimum Gasteiger partial charge on any atom is -0.378 e. The number of nitrogens with two attached hydrogens (primary N) is 1. The molecule has 6 nitrogen and oxygen atoms in total. The van der Waals surface area contributed by atoms with Crippen molar-refractivity contribution in [1.82, 2.24) is 9.78 Å². The Morgan fingerprint density at radius 2 is 2.26 bits per heavy atom. The molecule has 1 aromatic carbocycles. The normalized spacial score (nSPS) is 10.7. The predicted molar refractivity (Wildman–Crippen MR) is 76.3 cm³/mol. The number of benzene rings is 1. The molecule has 2 N–H and O–H groups in total. The molecule has 0 saturated carbocycles. The lowest BCUT2D eigenvalue weighted by Crippen LogP contribution is -2.07. The van der Waals surface area contributed by atoms with E-state index in [2.05, 4.69) is 21.0 Å². The van der Waals surface area contributed by atoms with Crippen LogP contribution in [0.1, 0.15) is 11.3 Å². The van der Waals surface area contributed by atoms with Gasteiger partial charge in [-0.3, -0.25) is 10.1 Å². The molecule has 0 unspecified atom stereocenters. The van der Waals surface area contributed by atoms with E-state index in [1.54, 1.807) is 13.0 Å². The topological polar surface area (TPSA) is 87.0 Å². The number of aryl methyl sites for hydroxylation is 1. The Morgan fingerprint density at radius 1 is 1.58 bits per heavy atom. The van der Waals surface area contributed by atoms with Crippen LogP contribution in [0.4, 0.5) is 11.5 Å². The second-order valence-electron chi connectivity index (χ2n) is 3.97. The van der Waals surface area contributed by atoms with Gasteiger partial charge in [-0.2, -0.15) is 5.10 Å². The summed E-state index contributed by atoms with van der Waals surface area (Å²) in [5.41, 5.74) is 6.65. The molecule has 2 aromatic rings. The van der Waals surface area contributed by atoms with Crippen LogP contribution in [0.5, 0.6) is 0 Å². The molecule has 0 aliphatic heterocycles. The smallest absolute Gasteiger partial charge is 0.333 e. The second-order valence-corrected chi connectivity index (χ2v) is 5.29. The van der Waals surface area contributed by atoms with Gasteiger partial charge >= 0.3 is 5.69 Å². The van der Waals surface area contributed by atoms with Crippen LogP contribution in [0.2, 0.25) is 5.02 Å². The maximum atomic E-state index is 10.9. The highest BCUT2D eigenvalue weighted by Crippen LogP contribution is 2.27. The molecule has 0 radical (unpaired) electrons. The minimum atomic E-state index is -0.530. The first kappa shape index (κ1) is 13.8. The van der Waals surface area contributed by atoms with Crippen LogP contribution in [0.25, 0.3) is 0 Å². The zero-order chi connectivity index (χ0) is 14.2. The first-order valence-corrected chi connectivity index (χ1v) is 6.48. The Bertz CT molecular complexity index is 656. The van der Waals surface area contributed by atoms with Crippen molar-refractivity contribution < 1.29 is 4.92 Å². The molecule has 0 saturated heterocycles. The Hall–Kier alpha value is -1.60. The third-order valence-corrected chi connectivity index (χ3v) is 3.50. The SMILES string of the molecule is Cc1nn(Cc2ccc(Br)cc2Cl)c(N)c1[N+](=O)[O-]. The Kier molecular flexibility index (Phi) is 3.77. The second kappa shape index (κ2) is 5.18. The summed E-state index contributed by atoms with van der Waals surface area (Å²) < 4.78 is 2.24. The van der Waals surface area contributed by atoms with Crippen molar-refractivity contribution in [3.05, 3.63) is 49.1 Å². The van der Waals surface area contributed by atoms with E-state index in [0.717, 1.165) is 10.0 Å². The largest absolute Gasteiger partial charge is 0.378 e. The molecule has 0 aliphatic rings. The number of anilines is 1. The zero-order valence-corrected chi connectivity index (χ0v) is 12.3. The lowest BCUT2D eigenvalue weighted by atomic mass is 10.2. The van der Waals surface area contributed by atoms with Gasteiger partial charge in [0.1, 0.15) is 5.69 Å². The summed E-state index contributed by atoms with van der Waals surface area (Å²) in [5, 5.41) is 15.5. The van der Waals surface area contributed by atoms with Crippen LogP contribution in [0.15, 0.2) is 22.7 Å². The van der Waals surface area contributed by atoms with Crippen molar-refractivity contribution in [3.8, 4) is 0 Å². The van der Waals surface area contributed by atoms with Gasteiger partial charge in [0.05, 0.1) is 11.5 Å². The van der Waals surface area contributed by atoms with E-state index >= 15 is 0 Å². The summed E-state index contributed by atoms with van der Waals surface area (Å²) in [6.45, 7) is 1.83. The number of nitrogen functional groups attached to an aromatic ring is 1. The van der Waals surface area contributed by atoms with Gasteiger partial charge in [-0.05, 0) is 24.6 Å². The van der Waals surface area contributed by atoms with Crippen molar-refractivity contribution in [3.63, 3.8) is 0 Å². The summed E-state index contributed by atoms with van der Waals surface area (Å²) >= 11 is 9.41. The number of rotatable bonds is 3. The van der Waals surface area contributed by atoms with Crippen LogP contribution in [0, 0.1) is 17.0 Å². The lowest BCUT2D eigenvalue weighted by Gasteiger charge is -2.06. The van der Waals surface area contributed by atoms with E-state index < -0.39 is 4.92 Å². The third kappa shape index (κ3) is 2.71. The number of hydrogen-bond donors (Lipinski definition) is 1. The van der Waals surface area contributed by atoms with Gasteiger partial charge in [0.2, 0.25) is 5.82 Å². The minimum absolute atomic E-state index is 0.0292. The highest BCUT2D eigenvalue weighted by atomic mass is 79.9. The number of halogens is 2. The first-order chi connectivity index (χ1) is 8.90. The van der Waals surface area contributed by atoms with E-state index in [0.29, 0.717) is 5.02 Å². The van der Waals surface area contributed by atoms with Crippen LogP contribution in [0.3, 0.4) is 0 Å². The molecule has 1 heterocycles. The quantitative estimate of drug-likeness (QED) is 0.684. The third-order valence-electron chi connectivity index (χ3n) is 2.65. The number of nitro groups is 1. The van der Waals surface area contributed by atoms with Gasteiger partial charge in [0.25, 0.3) is 0 Å². The average Bonchev–Trinajstić information content (AvgIpc) is 2.58. The maximum absolute atomic E-state index is 10.9. The Balaban J connectivity index is 2.39. The highest BCUT2D eigenvalue weighted by Gasteiger charge is 2.23. The monoisotopic (exact) mass is 344 g/mol. The summed E-state index contributed by atoms with van der Waals surface area (Å²) in [4.78, 5) is 10.3.